The summed E-state index contributed by atoms with van der Waals surface area (Å²) in [6.07, 6.45) is 2.33. The number of carbonyl (C=O) groups is 1. The molecule has 0 saturated carbocycles. The molecule has 1 aliphatic rings. The number of benzene rings is 1. The van der Waals surface area contributed by atoms with Crippen LogP contribution in [-0.2, 0) is 4.79 Å². The molecule has 1 aliphatic heterocycles. The third-order valence-electron chi connectivity index (χ3n) is 3.47. The minimum atomic E-state index is 0.201. The van der Waals surface area contributed by atoms with Gasteiger partial charge in [-0.25, -0.2) is 0 Å². The quantitative estimate of drug-likeness (QED) is 0.889. The highest BCUT2D eigenvalue weighted by molar-refractivity contribution is 5.81. The minimum Gasteiger partial charge on any atom is -0.376 e. The van der Waals surface area contributed by atoms with Crippen molar-refractivity contribution in [2.75, 3.05) is 25.0 Å². The molecule has 0 unspecified atom stereocenters. The van der Waals surface area contributed by atoms with Crippen LogP contribution in [0, 0.1) is 5.41 Å². The Morgan fingerprint density at radius 2 is 2.06 bits per heavy atom. The van der Waals surface area contributed by atoms with E-state index in [1.54, 1.807) is 0 Å². The summed E-state index contributed by atoms with van der Waals surface area (Å²) in [5, 5.41) is 3.18. The largest absolute Gasteiger partial charge is 0.376 e. The molecule has 18 heavy (non-hydrogen) atoms. The number of anilines is 1. The SMILES string of the molecule is CC1(C)CCCN(C(=O)CNc2ccccc2)C1. The van der Waals surface area contributed by atoms with Gasteiger partial charge in [-0.2, -0.15) is 0 Å². The molecule has 1 saturated heterocycles. The summed E-state index contributed by atoms with van der Waals surface area (Å²) >= 11 is 0. The van der Waals surface area contributed by atoms with Crippen LogP contribution in [0.5, 0.6) is 0 Å². The van der Waals surface area contributed by atoms with Gasteiger partial charge in [0.05, 0.1) is 6.54 Å². The van der Waals surface area contributed by atoms with E-state index in [9.17, 15) is 4.79 Å². The molecule has 0 radical (unpaired) electrons. The first-order valence-corrected chi connectivity index (χ1v) is 6.64. The van der Waals surface area contributed by atoms with Crippen LogP contribution < -0.4 is 5.32 Å². The molecule has 2 rings (SSSR count). The maximum absolute atomic E-state index is 12.1. The van der Waals surface area contributed by atoms with Crippen molar-refractivity contribution in [3.63, 3.8) is 0 Å². The number of hydrogen-bond acceptors (Lipinski definition) is 2. The van der Waals surface area contributed by atoms with Crippen molar-refractivity contribution in [3.05, 3.63) is 30.3 Å². The topological polar surface area (TPSA) is 32.3 Å². The van der Waals surface area contributed by atoms with E-state index in [0.717, 1.165) is 25.2 Å². The van der Waals surface area contributed by atoms with E-state index < -0.39 is 0 Å². The van der Waals surface area contributed by atoms with E-state index in [0.29, 0.717) is 6.54 Å². The van der Waals surface area contributed by atoms with Crippen molar-refractivity contribution in [2.45, 2.75) is 26.7 Å². The second kappa shape index (κ2) is 5.42. The van der Waals surface area contributed by atoms with E-state index in [1.807, 2.05) is 35.2 Å². The van der Waals surface area contributed by atoms with E-state index in [2.05, 4.69) is 19.2 Å². The lowest BCUT2D eigenvalue weighted by Crippen LogP contribution is -2.45. The fourth-order valence-electron chi connectivity index (χ4n) is 2.48. The van der Waals surface area contributed by atoms with E-state index in [4.69, 9.17) is 0 Å². The lowest BCUT2D eigenvalue weighted by molar-refractivity contribution is -0.132. The third kappa shape index (κ3) is 3.49. The van der Waals surface area contributed by atoms with Gasteiger partial charge in [0.25, 0.3) is 0 Å². The Balaban J connectivity index is 1.85. The Labute approximate surface area is 109 Å². The van der Waals surface area contributed by atoms with Gasteiger partial charge in [-0.3, -0.25) is 4.79 Å². The van der Waals surface area contributed by atoms with E-state index in [-0.39, 0.29) is 11.3 Å². The van der Waals surface area contributed by atoms with Crippen molar-refractivity contribution >= 4 is 11.6 Å². The molecule has 0 atom stereocenters. The maximum atomic E-state index is 12.1. The van der Waals surface area contributed by atoms with Crippen molar-refractivity contribution in [1.82, 2.24) is 4.90 Å². The first-order chi connectivity index (χ1) is 8.57. The molecule has 1 heterocycles. The molecule has 0 spiro atoms. The van der Waals surface area contributed by atoms with Crippen LogP contribution in [0.3, 0.4) is 0 Å². The molecule has 3 heteroatoms. The molecule has 1 amide bonds. The highest BCUT2D eigenvalue weighted by Crippen LogP contribution is 2.28. The van der Waals surface area contributed by atoms with Crippen molar-refractivity contribution in [3.8, 4) is 0 Å². The summed E-state index contributed by atoms with van der Waals surface area (Å²) < 4.78 is 0. The third-order valence-corrected chi connectivity index (χ3v) is 3.47. The van der Waals surface area contributed by atoms with Crippen LogP contribution in [0.25, 0.3) is 0 Å². The second-order valence-electron chi connectivity index (χ2n) is 5.80. The lowest BCUT2D eigenvalue weighted by Gasteiger charge is -2.38. The smallest absolute Gasteiger partial charge is 0.241 e. The number of para-hydroxylation sites is 1. The molecule has 98 valence electrons. The van der Waals surface area contributed by atoms with Crippen LogP contribution in [0.1, 0.15) is 26.7 Å². The summed E-state index contributed by atoms with van der Waals surface area (Å²) in [6, 6.07) is 9.87. The molecular weight excluding hydrogens is 224 g/mol. The Morgan fingerprint density at radius 1 is 1.33 bits per heavy atom. The van der Waals surface area contributed by atoms with Crippen molar-refractivity contribution < 1.29 is 4.79 Å². The fourth-order valence-corrected chi connectivity index (χ4v) is 2.48. The molecular formula is C15H22N2O. The number of hydrogen-bond donors (Lipinski definition) is 1. The highest BCUT2D eigenvalue weighted by Gasteiger charge is 2.28. The molecule has 1 N–H and O–H groups in total. The van der Waals surface area contributed by atoms with Crippen LogP contribution in [-0.4, -0.2) is 30.4 Å². The fraction of sp³-hybridized carbons (Fsp3) is 0.533. The number of nitrogens with one attached hydrogen (secondary N) is 1. The predicted octanol–water partition coefficient (Wildman–Crippen LogP) is 2.75. The molecule has 1 aromatic rings. The van der Waals surface area contributed by atoms with Gasteiger partial charge in [-0.15, -0.1) is 0 Å². The summed E-state index contributed by atoms with van der Waals surface area (Å²) in [4.78, 5) is 14.1. The van der Waals surface area contributed by atoms with Gasteiger partial charge in [-0.05, 0) is 30.4 Å². The van der Waals surface area contributed by atoms with Gasteiger partial charge in [0.1, 0.15) is 0 Å². The predicted molar refractivity (Wildman–Crippen MR) is 74.5 cm³/mol. The standard InChI is InChI=1S/C15H22N2O/c1-15(2)9-6-10-17(12-15)14(18)11-16-13-7-4-3-5-8-13/h3-5,7-8,16H,6,9-12H2,1-2H3. The zero-order valence-electron chi connectivity index (χ0n) is 11.3. The van der Waals surface area contributed by atoms with Gasteiger partial charge in [0.2, 0.25) is 5.91 Å². The Hall–Kier alpha value is -1.51. The van der Waals surface area contributed by atoms with Gasteiger partial charge in [0.15, 0.2) is 0 Å². The number of piperidine rings is 1. The summed E-state index contributed by atoms with van der Waals surface area (Å²) in [5.41, 5.74) is 1.27. The molecule has 3 nitrogen and oxygen atoms in total. The number of rotatable bonds is 3. The van der Waals surface area contributed by atoms with Gasteiger partial charge < -0.3 is 10.2 Å². The zero-order valence-corrected chi connectivity index (χ0v) is 11.3. The average molecular weight is 246 g/mol. The van der Waals surface area contributed by atoms with Crippen LogP contribution in [0.15, 0.2) is 30.3 Å². The Kier molecular flexibility index (Phi) is 3.90. The van der Waals surface area contributed by atoms with Crippen LogP contribution >= 0.6 is 0 Å². The van der Waals surface area contributed by atoms with Crippen molar-refractivity contribution in [1.29, 1.82) is 0 Å². The molecule has 0 aliphatic carbocycles. The highest BCUT2D eigenvalue weighted by atomic mass is 16.2. The van der Waals surface area contributed by atoms with E-state index in [1.165, 1.54) is 6.42 Å². The number of nitrogens with zero attached hydrogens (tertiary/aromatic N) is 1. The normalized spacial score (nSPS) is 18.4. The number of amides is 1. The van der Waals surface area contributed by atoms with Crippen LogP contribution in [0.2, 0.25) is 0 Å². The molecule has 1 fully saturated rings. The number of carbonyl (C=O) groups excluding carboxylic acids is 1. The van der Waals surface area contributed by atoms with Gasteiger partial charge in [-0.1, -0.05) is 32.0 Å². The number of likely N-dealkylation sites (tertiary alicyclic amines) is 1. The first kappa shape index (κ1) is 12.9. The van der Waals surface area contributed by atoms with E-state index >= 15 is 0 Å². The zero-order chi connectivity index (χ0) is 13.0. The monoisotopic (exact) mass is 246 g/mol. The second-order valence-corrected chi connectivity index (χ2v) is 5.80. The first-order valence-electron chi connectivity index (χ1n) is 6.64. The van der Waals surface area contributed by atoms with Gasteiger partial charge >= 0.3 is 0 Å². The van der Waals surface area contributed by atoms with Gasteiger partial charge in [0, 0.05) is 18.8 Å². The molecule has 0 aromatic heterocycles. The summed E-state index contributed by atoms with van der Waals surface area (Å²) in [5.74, 6) is 0.201. The molecule has 1 aromatic carbocycles. The maximum Gasteiger partial charge on any atom is 0.241 e. The van der Waals surface area contributed by atoms with Crippen LogP contribution in [0.4, 0.5) is 5.69 Å². The average Bonchev–Trinajstić information content (AvgIpc) is 2.36. The summed E-state index contributed by atoms with van der Waals surface area (Å²) in [7, 11) is 0. The minimum absolute atomic E-state index is 0.201. The Morgan fingerprint density at radius 3 is 2.72 bits per heavy atom. The lowest BCUT2D eigenvalue weighted by atomic mass is 9.84. The Bertz CT molecular complexity index is 400. The van der Waals surface area contributed by atoms with Crippen molar-refractivity contribution in [2.24, 2.45) is 5.41 Å². The molecule has 0 bridgehead atoms. The summed E-state index contributed by atoms with van der Waals surface area (Å²) in [6.45, 7) is 6.63.